The van der Waals surface area contributed by atoms with E-state index in [1.807, 2.05) is 35.8 Å². The van der Waals surface area contributed by atoms with Gasteiger partial charge in [-0.2, -0.15) is 8.78 Å². The summed E-state index contributed by atoms with van der Waals surface area (Å²) in [7, 11) is 0. The maximum absolute atomic E-state index is 12.6. The molecular weight excluding hydrogens is 376 g/mol. The van der Waals surface area contributed by atoms with E-state index in [0.717, 1.165) is 47.2 Å². The Morgan fingerprint density at radius 3 is 2.55 bits per heavy atom. The maximum atomic E-state index is 12.6. The number of nitrogen functional groups attached to an aromatic ring is 1. The lowest BCUT2D eigenvalue weighted by molar-refractivity contribution is -0.117. The number of amides is 1. The molecule has 4 rings (SSSR count). The normalized spacial score (nSPS) is 14.3. The molecule has 5 nitrogen and oxygen atoms in total. The summed E-state index contributed by atoms with van der Waals surface area (Å²) in [5, 5.41) is 0.800. The van der Waals surface area contributed by atoms with Gasteiger partial charge in [0.25, 0.3) is 0 Å². The van der Waals surface area contributed by atoms with E-state index in [1.54, 1.807) is 17.0 Å². The number of carbonyl (C=O) groups is 1. The molecule has 0 aliphatic carbocycles. The topological polar surface area (TPSA) is 60.5 Å². The molecular formula is C22H23F2N3O2. The van der Waals surface area contributed by atoms with Gasteiger partial charge in [0.05, 0.1) is 16.9 Å². The molecule has 0 atom stereocenters. The summed E-state index contributed by atoms with van der Waals surface area (Å²) < 4.78 is 31.9. The number of halogens is 2. The second-order valence-corrected chi connectivity index (χ2v) is 7.17. The third kappa shape index (κ3) is 3.52. The van der Waals surface area contributed by atoms with Gasteiger partial charge in [-0.15, -0.1) is 0 Å². The number of benzene rings is 2. The molecule has 2 heterocycles. The van der Waals surface area contributed by atoms with Crippen molar-refractivity contribution in [3.63, 3.8) is 0 Å². The van der Waals surface area contributed by atoms with Crippen LogP contribution in [0.25, 0.3) is 22.2 Å². The molecule has 1 saturated heterocycles. The van der Waals surface area contributed by atoms with Gasteiger partial charge in [0.15, 0.2) is 0 Å². The Balaban J connectivity index is 1.78. The average Bonchev–Trinajstić information content (AvgIpc) is 3.23. The van der Waals surface area contributed by atoms with E-state index in [9.17, 15) is 13.6 Å². The summed E-state index contributed by atoms with van der Waals surface area (Å²) in [5.74, 6) is 0.251. The van der Waals surface area contributed by atoms with Gasteiger partial charge in [-0.1, -0.05) is 19.1 Å². The lowest BCUT2D eigenvalue weighted by Gasteiger charge is -2.17. The average molecular weight is 399 g/mol. The van der Waals surface area contributed by atoms with Crippen molar-refractivity contribution in [3.05, 3.63) is 42.5 Å². The summed E-state index contributed by atoms with van der Waals surface area (Å²) >= 11 is 0. The number of rotatable bonds is 6. The first-order valence-corrected chi connectivity index (χ1v) is 9.77. The quantitative estimate of drug-likeness (QED) is 0.633. The summed E-state index contributed by atoms with van der Waals surface area (Å²) in [5.41, 5.74) is 10.5. The van der Waals surface area contributed by atoms with Crippen molar-refractivity contribution in [2.45, 2.75) is 39.3 Å². The zero-order valence-electron chi connectivity index (χ0n) is 16.2. The Bertz CT molecular complexity index is 1040. The number of hydrogen-bond acceptors (Lipinski definition) is 3. The fraction of sp³-hybridized carbons (Fsp3) is 0.318. The Morgan fingerprint density at radius 1 is 1.17 bits per heavy atom. The molecule has 1 aliphatic rings. The molecule has 152 valence electrons. The highest BCUT2D eigenvalue weighted by Gasteiger charge is 2.22. The lowest BCUT2D eigenvalue weighted by Crippen LogP contribution is -2.23. The minimum Gasteiger partial charge on any atom is -0.435 e. The molecule has 1 fully saturated rings. The number of nitrogens with zero attached hydrogens (tertiary/aromatic N) is 2. The molecule has 1 aliphatic heterocycles. The maximum Gasteiger partial charge on any atom is 0.387 e. The van der Waals surface area contributed by atoms with Gasteiger partial charge in [-0.25, -0.2) is 0 Å². The number of aryl methyl sites for hydroxylation is 1. The number of carbonyl (C=O) groups excluding carboxylic acids is 1. The summed E-state index contributed by atoms with van der Waals surface area (Å²) in [6.45, 7) is 0.601. The zero-order valence-corrected chi connectivity index (χ0v) is 16.2. The van der Waals surface area contributed by atoms with Gasteiger partial charge < -0.3 is 19.9 Å². The molecule has 0 bridgehead atoms. The number of anilines is 2. The minimum absolute atomic E-state index is 0.108. The first-order chi connectivity index (χ1) is 14.0. The highest BCUT2D eigenvalue weighted by molar-refractivity contribution is 6.02. The molecule has 0 spiro atoms. The van der Waals surface area contributed by atoms with Crippen molar-refractivity contribution >= 4 is 28.2 Å². The van der Waals surface area contributed by atoms with Crippen molar-refractivity contribution < 1.29 is 18.3 Å². The summed E-state index contributed by atoms with van der Waals surface area (Å²) in [6.07, 6.45) is 2.32. The second kappa shape index (κ2) is 7.73. The molecule has 2 aromatic carbocycles. The van der Waals surface area contributed by atoms with E-state index in [2.05, 4.69) is 4.74 Å². The van der Waals surface area contributed by atoms with Crippen LogP contribution in [0.3, 0.4) is 0 Å². The SMILES string of the molecule is CCCn1c(-c2ccc(N3CCCC3=O)cc2)c(N)c2ccc(OC(F)F)cc21. The molecule has 3 aromatic rings. The van der Waals surface area contributed by atoms with E-state index < -0.39 is 6.61 Å². The van der Waals surface area contributed by atoms with Gasteiger partial charge in [-0.3, -0.25) is 4.79 Å². The van der Waals surface area contributed by atoms with Crippen molar-refractivity contribution in [2.75, 3.05) is 17.2 Å². The van der Waals surface area contributed by atoms with Crippen LogP contribution in [0.5, 0.6) is 5.75 Å². The molecule has 2 N–H and O–H groups in total. The fourth-order valence-corrected chi connectivity index (χ4v) is 4.02. The van der Waals surface area contributed by atoms with Crippen LogP contribution in [0.4, 0.5) is 20.2 Å². The van der Waals surface area contributed by atoms with Crippen molar-refractivity contribution in [1.29, 1.82) is 0 Å². The number of nitrogens with two attached hydrogens (primary N) is 1. The molecule has 7 heteroatoms. The van der Waals surface area contributed by atoms with E-state index in [1.165, 1.54) is 6.07 Å². The monoisotopic (exact) mass is 399 g/mol. The molecule has 1 amide bonds. The van der Waals surface area contributed by atoms with Crippen LogP contribution < -0.4 is 15.4 Å². The van der Waals surface area contributed by atoms with Crippen molar-refractivity contribution in [3.8, 4) is 17.0 Å². The Hall–Kier alpha value is -3.09. The van der Waals surface area contributed by atoms with E-state index >= 15 is 0 Å². The van der Waals surface area contributed by atoms with Crippen LogP contribution >= 0.6 is 0 Å². The standard InChI is InChI=1S/C22H23F2N3O2/c1-2-11-27-18-13-16(29-22(23)24)9-10-17(18)20(25)21(27)14-5-7-15(8-6-14)26-12-3-4-19(26)28/h5-10,13,22H,2-4,11-12,25H2,1H3. The van der Waals surface area contributed by atoms with Crippen molar-refractivity contribution in [2.24, 2.45) is 0 Å². The van der Waals surface area contributed by atoms with Crippen LogP contribution in [-0.4, -0.2) is 23.6 Å². The van der Waals surface area contributed by atoms with Crippen molar-refractivity contribution in [1.82, 2.24) is 4.57 Å². The van der Waals surface area contributed by atoms with E-state index in [0.29, 0.717) is 18.7 Å². The van der Waals surface area contributed by atoms with E-state index in [4.69, 9.17) is 5.73 Å². The van der Waals surface area contributed by atoms with Crippen LogP contribution in [0.1, 0.15) is 26.2 Å². The molecule has 0 unspecified atom stereocenters. The molecule has 0 radical (unpaired) electrons. The van der Waals surface area contributed by atoms with Gasteiger partial charge in [0.2, 0.25) is 5.91 Å². The van der Waals surface area contributed by atoms with Crippen LogP contribution in [0.2, 0.25) is 0 Å². The number of aromatic nitrogens is 1. The number of alkyl halides is 2. The largest absolute Gasteiger partial charge is 0.435 e. The van der Waals surface area contributed by atoms with E-state index in [-0.39, 0.29) is 11.7 Å². The fourth-order valence-electron chi connectivity index (χ4n) is 4.02. The highest BCUT2D eigenvalue weighted by atomic mass is 19.3. The van der Waals surface area contributed by atoms with Crippen LogP contribution in [0.15, 0.2) is 42.5 Å². The number of fused-ring (bicyclic) bond motifs is 1. The second-order valence-electron chi connectivity index (χ2n) is 7.17. The van der Waals surface area contributed by atoms with Gasteiger partial charge in [0.1, 0.15) is 5.75 Å². The predicted octanol–water partition coefficient (Wildman–Crippen LogP) is 5.03. The Kier molecular flexibility index (Phi) is 5.13. The molecule has 29 heavy (non-hydrogen) atoms. The first kappa shape index (κ1) is 19.2. The predicted molar refractivity (Wildman–Crippen MR) is 110 cm³/mol. The smallest absolute Gasteiger partial charge is 0.387 e. The highest BCUT2D eigenvalue weighted by Crippen LogP contribution is 2.38. The van der Waals surface area contributed by atoms with Crippen LogP contribution in [-0.2, 0) is 11.3 Å². The summed E-state index contributed by atoms with van der Waals surface area (Å²) in [6, 6.07) is 12.6. The number of ether oxygens (including phenoxy) is 1. The third-order valence-electron chi connectivity index (χ3n) is 5.27. The lowest BCUT2D eigenvalue weighted by atomic mass is 10.1. The Morgan fingerprint density at radius 2 is 1.93 bits per heavy atom. The molecule has 0 saturated carbocycles. The Labute approximate surface area is 167 Å². The van der Waals surface area contributed by atoms with Crippen LogP contribution in [0, 0.1) is 0 Å². The molecule has 1 aromatic heterocycles. The minimum atomic E-state index is -2.88. The first-order valence-electron chi connectivity index (χ1n) is 9.77. The van der Waals surface area contributed by atoms with Gasteiger partial charge in [-0.05, 0) is 37.1 Å². The third-order valence-corrected chi connectivity index (χ3v) is 5.27. The summed E-state index contributed by atoms with van der Waals surface area (Å²) in [4.78, 5) is 13.8. The zero-order chi connectivity index (χ0) is 20.5. The number of hydrogen-bond donors (Lipinski definition) is 1. The van der Waals surface area contributed by atoms with Gasteiger partial charge in [0, 0.05) is 42.2 Å². The van der Waals surface area contributed by atoms with Gasteiger partial charge >= 0.3 is 6.61 Å².